The molecule has 0 aliphatic rings. The molecule has 0 aliphatic carbocycles. The minimum absolute atomic E-state index is 0.222. The first-order valence-electron chi connectivity index (χ1n) is 8.96. The van der Waals surface area contributed by atoms with Crippen molar-refractivity contribution in [2.24, 2.45) is 0 Å². The molecule has 148 valence electrons. The number of fused-ring (bicyclic) bond motifs is 1. The third kappa shape index (κ3) is 4.02. The van der Waals surface area contributed by atoms with Gasteiger partial charge in [-0.25, -0.2) is 0 Å². The molecule has 3 nitrogen and oxygen atoms in total. The van der Waals surface area contributed by atoms with Crippen LogP contribution in [-0.2, 0) is 6.42 Å². The molecule has 0 unspecified atom stereocenters. The van der Waals surface area contributed by atoms with Crippen LogP contribution < -0.4 is 0 Å². The number of aliphatic hydroxyl groups excluding tert-OH is 1. The second-order valence-corrected chi connectivity index (χ2v) is 7.94. The monoisotopic (exact) mass is 414 g/mol. The highest BCUT2D eigenvalue weighted by Crippen LogP contribution is 2.37. The minimum Gasteiger partial charge on any atom is -0.379 e. The molecule has 0 bridgehead atoms. The number of hydrogen-bond acceptors (Lipinski definition) is 4. The van der Waals surface area contributed by atoms with E-state index in [1.165, 1.54) is 18.3 Å². The van der Waals surface area contributed by atoms with Crippen LogP contribution in [0.15, 0.2) is 60.9 Å². The topological polar surface area (TPSA) is 46.0 Å². The molecule has 0 fully saturated rings. The summed E-state index contributed by atoms with van der Waals surface area (Å²) in [5, 5.41) is 10.6. The second kappa shape index (κ2) is 7.57. The summed E-state index contributed by atoms with van der Waals surface area (Å²) >= 11 is 1.58. The quantitative estimate of drug-likeness (QED) is 0.455. The van der Waals surface area contributed by atoms with Crippen LogP contribution in [0.3, 0.4) is 0 Å². The Bertz CT molecular complexity index is 1170. The zero-order valence-electron chi connectivity index (χ0n) is 15.4. The number of benzene rings is 1. The fourth-order valence-corrected chi connectivity index (χ4v) is 4.41. The van der Waals surface area contributed by atoms with Gasteiger partial charge >= 0.3 is 6.18 Å². The van der Waals surface area contributed by atoms with Gasteiger partial charge in [0.05, 0.1) is 5.69 Å². The number of aryl methyl sites for hydroxylation is 1. The van der Waals surface area contributed by atoms with Crippen LogP contribution in [0.4, 0.5) is 13.2 Å². The molecule has 0 spiro atoms. The van der Waals surface area contributed by atoms with Crippen molar-refractivity contribution < 1.29 is 18.3 Å². The normalized spacial score (nSPS) is 13.0. The summed E-state index contributed by atoms with van der Waals surface area (Å²) in [6.07, 6.45) is -3.51. The van der Waals surface area contributed by atoms with E-state index in [9.17, 15) is 18.3 Å². The molecule has 0 amide bonds. The minimum atomic E-state index is -4.72. The number of thiophene rings is 1. The molecular weight excluding hydrogens is 397 g/mol. The lowest BCUT2D eigenvalue weighted by molar-refractivity contribution is -0.206. The number of nitrogens with zero attached hydrogens (tertiary/aromatic N) is 2. The molecule has 3 aromatic heterocycles. The Balaban J connectivity index is 1.74. The summed E-state index contributed by atoms with van der Waals surface area (Å²) in [7, 11) is 0. The summed E-state index contributed by atoms with van der Waals surface area (Å²) in [5.41, 5.74) is 3.03. The molecule has 0 saturated carbocycles. The molecule has 0 aliphatic heterocycles. The highest BCUT2D eigenvalue weighted by molar-refractivity contribution is 7.19. The molecule has 1 N–H and O–H groups in total. The molecular formula is C22H17F3N2OS. The lowest BCUT2D eigenvalue weighted by atomic mass is 10.0. The highest BCUT2D eigenvalue weighted by Gasteiger charge is 2.39. The van der Waals surface area contributed by atoms with Crippen molar-refractivity contribution in [3.8, 4) is 11.3 Å². The molecule has 0 saturated heterocycles. The van der Waals surface area contributed by atoms with Gasteiger partial charge in [-0.15, -0.1) is 11.3 Å². The molecule has 1 atom stereocenters. The van der Waals surface area contributed by atoms with Crippen LogP contribution in [0.1, 0.15) is 27.8 Å². The maximum absolute atomic E-state index is 12.9. The van der Waals surface area contributed by atoms with Crippen LogP contribution in [0, 0.1) is 6.92 Å². The van der Waals surface area contributed by atoms with E-state index >= 15 is 0 Å². The van der Waals surface area contributed by atoms with Crippen LogP contribution in [0.2, 0.25) is 0 Å². The molecule has 29 heavy (non-hydrogen) atoms. The predicted octanol–water partition coefficient (Wildman–Crippen LogP) is 5.85. The first kappa shape index (κ1) is 19.5. The van der Waals surface area contributed by atoms with Crippen molar-refractivity contribution in [2.45, 2.75) is 25.6 Å². The third-order valence-corrected chi connectivity index (χ3v) is 5.92. The average molecular weight is 414 g/mol. The van der Waals surface area contributed by atoms with E-state index in [4.69, 9.17) is 0 Å². The number of pyridine rings is 2. The largest absolute Gasteiger partial charge is 0.418 e. The molecule has 4 rings (SSSR count). The zero-order valence-corrected chi connectivity index (χ0v) is 16.3. The zero-order chi connectivity index (χ0) is 20.6. The van der Waals surface area contributed by atoms with Gasteiger partial charge in [0.1, 0.15) is 0 Å². The molecule has 7 heteroatoms. The fraction of sp³-hybridized carbons (Fsp3) is 0.182. The first-order chi connectivity index (χ1) is 13.8. The van der Waals surface area contributed by atoms with E-state index in [1.54, 1.807) is 17.5 Å². The SMILES string of the molecule is Cc1cccnc1Cc1cc2cccc(-c3cc([C@@H](O)C(F)(F)F)ccn3)c2s1. The van der Waals surface area contributed by atoms with E-state index in [0.29, 0.717) is 12.1 Å². The molecule has 0 radical (unpaired) electrons. The van der Waals surface area contributed by atoms with Crippen molar-refractivity contribution in [2.75, 3.05) is 0 Å². The van der Waals surface area contributed by atoms with Gasteiger partial charge < -0.3 is 5.11 Å². The lowest BCUT2D eigenvalue weighted by Gasteiger charge is -2.15. The van der Waals surface area contributed by atoms with Crippen molar-refractivity contribution in [1.29, 1.82) is 0 Å². The van der Waals surface area contributed by atoms with Gasteiger partial charge in [0.15, 0.2) is 6.10 Å². The number of aliphatic hydroxyl groups is 1. The first-order valence-corrected chi connectivity index (χ1v) is 9.77. The summed E-state index contributed by atoms with van der Waals surface area (Å²) in [4.78, 5) is 9.80. The summed E-state index contributed by atoms with van der Waals surface area (Å²) in [6, 6.07) is 14.1. The van der Waals surface area contributed by atoms with E-state index in [0.717, 1.165) is 31.8 Å². The van der Waals surface area contributed by atoms with Crippen molar-refractivity contribution in [1.82, 2.24) is 9.97 Å². The van der Waals surface area contributed by atoms with Gasteiger partial charge in [-0.3, -0.25) is 9.97 Å². The Kier molecular flexibility index (Phi) is 5.10. The van der Waals surface area contributed by atoms with Crippen molar-refractivity contribution >= 4 is 21.4 Å². The van der Waals surface area contributed by atoms with E-state index in [2.05, 4.69) is 16.0 Å². The van der Waals surface area contributed by atoms with Crippen LogP contribution in [0.25, 0.3) is 21.3 Å². The highest BCUT2D eigenvalue weighted by atomic mass is 32.1. The number of rotatable bonds is 4. The van der Waals surface area contributed by atoms with Crippen molar-refractivity contribution in [3.63, 3.8) is 0 Å². The Morgan fingerprint density at radius 3 is 2.62 bits per heavy atom. The van der Waals surface area contributed by atoms with Gasteiger partial charge in [-0.05, 0) is 47.7 Å². The second-order valence-electron chi connectivity index (χ2n) is 6.80. The number of hydrogen-bond donors (Lipinski definition) is 1. The van der Waals surface area contributed by atoms with Gasteiger partial charge in [-0.1, -0.05) is 24.3 Å². The molecule has 3 heterocycles. The molecule has 4 aromatic rings. The maximum Gasteiger partial charge on any atom is 0.418 e. The van der Waals surface area contributed by atoms with Crippen LogP contribution in [-0.4, -0.2) is 21.3 Å². The van der Waals surface area contributed by atoms with Crippen LogP contribution >= 0.6 is 11.3 Å². The standard InChI is InChI=1S/C22H17F3N2OS/c1-13-4-3-8-26-18(13)12-16-10-14-5-2-6-17(20(14)29-16)19-11-15(7-9-27-19)21(28)22(23,24)25/h2-11,21,28H,12H2,1H3/t21-/m1/s1. The third-order valence-electron chi connectivity index (χ3n) is 4.74. The average Bonchev–Trinajstić information content (AvgIpc) is 3.11. The van der Waals surface area contributed by atoms with Gasteiger partial charge in [0.2, 0.25) is 0 Å². The summed E-state index contributed by atoms with van der Waals surface area (Å²) in [6.45, 7) is 2.02. The van der Waals surface area contributed by atoms with E-state index in [-0.39, 0.29) is 5.56 Å². The Labute approximate surface area is 169 Å². The number of alkyl halides is 3. The maximum atomic E-state index is 12.9. The van der Waals surface area contributed by atoms with Gasteiger partial charge in [-0.2, -0.15) is 13.2 Å². The van der Waals surface area contributed by atoms with E-state index in [1.807, 2.05) is 37.3 Å². The summed E-state index contributed by atoms with van der Waals surface area (Å²) in [5.74, 6) is 0. The molecule has 1 aromatic carbocycles. The smallest absolute Gasteiger partial charge is 0.379 e. The Hall–Kier alpha value is -2.77. The van der Waals surface area contributed by atoms with E-state index < -0.39 is 12.3 Å². The Morgan fingerprint density at radius 2 is 1.86 bits per heavy atom. The lowest BCUT2D eigenvalue weighted by Crippen LogP contribution is -2.20. The summed E-state index contributed by atoms with van der Waals surface area (Å²) < 4.78 is 39.6. The Morgan fingerprint density at radius 1 is 1.03 bits per heavy atom. The number of aromatic nitrogens is 2. The van der Waals surface area contributed by atoms with Gasteiger partial charge in [0, 0.05) is 39.6 Å². The predicted molar refractivity (Wildman–Crippen MR) is 108 cm³/mol. The van der Waals surface area contributed by atoms with Crippen molar-refractivity contribution in [3.05, 3.63) is 82.6 Å². The number of halogens is 3. The van der Waals surface area contributed by atoms with Gasteiger partial charge in [0.25, 0.3) is 0 Å². The fourth-order valence-electron chi connectivity index (χ4n) is 3.23. The van der Waals surface area contributed by atoms with Crippen LogP contribution in [0.5, 0.6) is 0 Å².